The van der Waals surface area contributed by atoms with Crippen molar-refractivity contribution < 1.29 is 18.0 Å². The minimum absolute atomic E-state index is 0.112. The topological polar surface area (TPSA) is 86.8 Å². The summed E-state index contributed by atoms with van der Waals surface area (Å²) in [4.78, 5) is 28.3. The summed E-state index contributed by atoms with van der Waals surface area (Å²) in [7, 11) is -3.72. The Morgan fingerprint density at radius 2 is 1.56 bits per heavy atom. The Morgan fingerprint density at radius 1 is 0.969 bits per heavy atom. The third-order valence-electron chi connectivity index (χ3n) is 5.65. The van der Waals surface area contributed by atoms with Crippen molar-refractivity contribution in [2.24, 2.45) is 0 Å². The number of carbonyl (C=O) groups excluding carboxylic acids is 2. The molecule has 1 heterocycles. The van der Waals surface area contributed by atoms with Gasteiger partial charge in [0.2, 0.25) is 15.9 Å². The smallest absolute Gasteiger partial charge is 0.255 e. The van der Waals surface area contributed by atoms with Gasteiger partial charge >= 0.3 is 0 Å². The van der Waals surface area contributed by atoms with Gasteiger partial charge in [-0.3, -0.25) is 13.9 Å². The number of benzene rings is 2. The summed E-state index contributed by atoms with van der Waals surface area (Å²) in [5, 5.41) is 2.83. The van der Waals surface area contributed by atoms with Gasteiger partial charge < -0.3 is 10.2 Å². The molecule has 172 valence electrons. The Balaban J connectivity index is 1.87. The van der Waals surface area contributed by atoms with Gasteiger partial charge in [0.25, 0.3) is 5.91 Å². The van der Waals surface area contributed by atoms with E-state index in [4.69, 9.17) is 0 Å². The molecule has 0 saturated carbocycles. The van der Waals surface area contributed by atoms with Gasteiger partial charge in [-0.25, -0.2) is 8.42 Å². The minimum Gasteiger partial charge on any atom is -0.339 e. The van der Waals surface area contributed by atoms with Crippen molar-refractivity contribution in [2.75, 3.05) is 29.0 Å². The van der Waals surface area contributed by atoms with Gasteiger partial charge in [0.15, 0.2) is 0 Å². The van der Waals surface area contributed by atoms with Gasteiger partial charge in [0.1, 0.15) is 6.04 Å². The number of likely N-dealkylation sites (tertiary alicyclic amines) is 1. The van der Waals surface area contributed by atoms with E-state index in [1.54, 1.807) is 61.5 Å². The molecule has 2 aromatic rings. The number of nitrogens with zero attached hydrogens (tertiary/aromatic N) is 2. The normalized spacial score (nSPS) is 15.5. The van der Waals surface area contributed by atoms with Crippen LogP contribution in [0.5, 0.6) is 0 Å². The van der Waals surface area contributed by atoms with Crippen molar-refractivity contribution in [1.82, 2.24) is 4.90 Å². The molecular weight excluding hydrogens is 426 g/mol. The summed E-state index contributed by atoms with van der Waals surface area (Å²) in [6, 6.07) is 14.5. The fraction of sp³-hybridized carbons (Fsp3) is 0.417. The molecule has 1 atom stereocenters. The van der Waals surface area contributed by atoms with Crippen LogP contribution in [0.2, 0.25) is 0 Å². The lowest BCUT2D eigenvalue weighted by atomic mass is 10.1. The van der Waals surface area contributed by atoms with Crippen molar-refractivity contribution in [2.45, 2.75) is 45.1 Å². The number of rotatable bonds is 7. The zero-order chi connectivity index (χ0) is 23.1. The van der Waals surface area contributed by atoms with E-state index >= 15 is 0 Å². The molecule has 32 heavy (non-hydrogen) atoms. The molecule has 8 heteroatoms. The van der Waals surface area contributed by atoms with Crippen LogP contribution in [-0.4, -0.2) is 50.5 Å². The van der Waals surface area contributed by atoms with Crippen molar-refractivity contribution in [3.63, 3.8) is 0 Å². The fourth-order valence-electron chi connectivity index (χ4n) is 4.07. The van der Waals surface area contributed by atoms with Crippen molar-refractivity contribution in [3.8, 4) is 0 Å². The van der Waals surface area contributed by atoms with Crippen LogP contribution in [0.15, 0.2) is 54.6 Å². The van der Waals surface area contributed by atoms with E-state index in [9.17, 15) is 18.0 Å². The highest BCUT2D eigenvalue weighted by atomic mass is 32.2. The second kappa shape index (κ2) is 10.6. The molecule has 1 N–H and O–H groups in total. The standard InChI is InChI=1S/C24H31N3O4S/c1-3-22(27(32(2,30)31)19-13-7-6-8-14-19)23(28)25-21-16-10-9-15-20(21)24(29)26-17-11-4-5-12-18-26/h6-10,13-16,22H,3-5,11-12,17-18H2,1-2H3,(H,25,28)/t22-/m0/s1. The van der Waals surface area contributed by atoms with Gasteiger partial charge in [-0.1, -0.05) is 50.1 Å². The molecule has 2 aromatic carbocycles. The van der Waals surface area contributed by atoms with E-state index < -0.39 is 22.0 Å². The first-order valence-corrected chi connectivity index (χ1v) is 12.9. The Hall–Kier alpha value is -2.87. The highest BCUT2D eigenvalue weighted by Crippen LogP contribution is 2.25. The zero-order valence-electron chi connectivity index (χ0n) is 18.7. The van der Waals surface area contributed by atoms with E-state index in [0.29, 0.717) is 30.0 Å². The van der Waals surface area contributed by atoms with Crippen LogP contribution in [-0.2, 0) is 14.8 Å². The Morgan fingerprint density at radius 3 is 2.16 bits per heavy atom. The maximum absolute atomic E-state index is 13.3. The lowest BCUT2D eigenvalue weighted by Gasteiger charge is -2.30. The van der Waals surface area contributed by atoms with E-state index in [0.717, 1.165) is 36.2 Å². The fourth-order valence-corrected chi connectivity index (χ4v) is 5.29. The largest absolute Gasteiger partial charge is 0.339 e. The van der Waals surface area contributed by atoms with E-state index in [2.05, 4.69) is 5.32 Å². The summed E-state index contributed by atoms with van der Waals surface area (Å²) in [6.07, 6.45) is 5.53. The third kappa shape index (κ3) is 5.68. The Bertz CT molecular complexity index is 1030. The highest BCUT2D eigenvalue weighted by Gasteiger charge is 2.32. The number of hydrogen-bond donors (Lipinski definition) is 1. The first-order chi connectivity index (χ1) is 15.3. The summed E-state index contributed by atoms with van der Waals surface area (Å²) in [5.74, 6) is -0.586. The Labute approximate surface area is 190 Å². The predicted octanol–water partition coefficient (Wildman–Crippen LogP) is 3.89. The quantitative estimate of drug-likeness (QED) is 0.683. The molecule has 7 nitrogen and oxygen atoms in total. The average molecular weight is 458 g/mol. The van der Waals surface area contributed by atoms with E-state index in [-0.39, 0.29) is 12.3 Å². The highest BCUT2D eigenvalue weighted by molar-refractivity contribution is 7.92. The predicted molar refractivity (Wildman–Crippen MR) is 127 cm³/mol. The number of anilines is 2. The number of carbonyl (C=O) groups is 2. The Kier molecular flexibility index (Phi) is 7.90. The maximum atomic E-state index is 13.3. The van der Waals surface area contributed by atoms with Crippen molar-refractivity contribution in [3.05, 3.63) is 60.2 Å². The molecule has 2 amide bonds. The molecule has 0 aromatic heterocycles. The van der Waals surface area contributed by atoms with Crippen LogP contribution < -0.4 is 9.62 Å². The third-order valence-corrected chi connectivity index (χ3v) is 6.83. The van der Waals surface area contributed by atoms with Gasteiger partial charge in [0, 0.05) is 13.1 Å². The molecule has 3 rings (SSSR count). The summed E-state index contributed by atoms with van der Waals surface area (Å²) in [5.41, 5.74) is 1.24. The van der Waals surface area contributed by atoms with Crippen molar-refractivity contribution in [1.29, 1.82) is 0 Å². The molecule has 0 aliphatic carbocycles. The number of para-hydroxylation sites is 2. The molecule has 1 saturated heterocycles. The van der Waals surface area contributed by atoms with Gasteiger partial charge in [0.05, 0.1) is 23.2 Å². The first kappa shape index (κ1) is 23.8. The second-order valence-electron chi connectivity index (χ2n) is 8.06. The monoisotopic (exact) mass is 457 g/mol. The van der Waals surface area contributed by atoms with Crippen molar-refractivity contribution >= 4 is 33.2 Å². The van der Waals surface area contributed by atoms with Crippen LogP contribution in [0.1, 0.15) is 49.4 Å². The minimum atomic E-state index is -3.72. The molecule has 1 fully saturated rings. The number of nitrogens with one attached hydrogen (secondary N) is 1. The summed E-state index contributed by atoms with van der Waals surface area (Å²) < 4.78 is 26.3. The van der Waals surface area contributed by atoms with Gasteiger partial charge in [-0.2, -0.15) is 0 Å². The zero-order valence-corrected chi connectivity index (χ0v) is 19.5. The van der Waals surface area contributed by atoms with Crippen LogP contribution >= 0.6 is 0 Å². The SMILES string of the molecule is CC[C@@H](C(=O)Nc1ccccc1C(=O)N1CCCCCC1)N(c1ccccc1)S(C)(=O)=O. The maximum Gasteiger partial charge on any atom is 0.255 e. The molecule has 1 aliphatic rings. The lowest BCUT2D eigenvalue weighted by Crippen LogP contribution is -2.47. The van der Waals surface area contributed by atoms with Crippen LogP contribution in [0.3, 0.4) is 0 Å². The number of amides is 2. The van der Waals surface area contributed by atoms with Crippen LogP contribution in [0.25, 0.3) is 0 Å². The molecule has 0 bridgehead atoms. The second-order valence-corrected chi connectivity index (χ2v) is 9.92. The number of hydrogen-bond acceptors (Lipinski definition) is 4. The lowest BCUT2D eigenvalue weighted by molar-refractivity contribution is -0.117. The van der Waals surface area contributed by atoms with Crippen LogP contribution in [0, 0.1) is 0 Å². The molecule has 1 aliphatic heterocycles. The average Bonchev–Trinajstić information content (AvgIpc) is 3.06. The molecule has 0 unspecified atom stereocenters. The van der Waals surface area contributed by atoms with Gasteiger partial charge in [-0.05, 0) is 43.5 Å². The van der Waals surface area contributed by atoms with Gasteiger partial charge in [-0.15, -0.1) is 0 Å². The van der Waals surface area contributed by atoms with Crippen LogP contribution in [0.4, 0.5) is 11.4 Å². The van der Waals surface area contributed by atoms with E-state index in [1.165, 1.54) is 0 Å². The molecular formula is C24H31N3O4S. The summed E-state index contributed by atoms with van der Waals surface area (Å²) >= 11 is 0. The summed E-state index contributed by atoms with van der Waals surface area (Å²) in [6.45, 7) is 3.17. The molecule has 0 spiro atoms. The first-order valence-electron chi connectivity index (χ1n) is 11.1. The number of sulfonamides is 1. The molecule has 0 radical (unpaired) electrons. The van der Waals surface area contributed by atoms with E-state index in [1.807, 2.05) is 4.90 Å².